The maximum absolute atomic E-state index is 4.46. The van der Waals surface area contributed by atoms with Crippen LogP contribution in [-0.4, -0.2) is 64.9 Å². The Morgan fingerprint density at radius 2 is 1.95 bits per heavy atom. The lowest BCUT2D eigenvalue weighted by Gasteiger charge is -2.44. The van der Waals surface area contributed by atoms with Gasteiger partial charge in [0.2, 0.25) is 0 Å². The zero-order valence-corrected chi connectivity index (χ0v) is 12.3. The van der Waals surface area contributed by atoms with Crippen molar-refractivity contribution in [2.45, 2.75) is 25.9 Å². The van der Waals surface area contributed by atoms with Crippen molar-refractivity contribution >= 4 is 0 Å². The standard InChI is InChI=1S/C14H25N5/c1-11-14(10-17(3)16-11)12(2)18-4-6-19(7-5-18)13-8-15-9-13/h10,12-13,15H,4-9H2,1-3H3. The van der Waals surface area contributed by atoms with E-state index in [1.165, 1.54) is 50.5 Å². The lowest BCUT2D eigenvalue weighted by atomic mass is 10.1. The number of rotatable bonds is 3. The van der Waals surface area contributed by atoms with E-state index in [-0.39, 0.29) is 0 Å². The van der Waals surface area contributed by atoms with Crippen molar-refractivity contribution in [3.8, 4) is 0 Å². The van der Waals surface area contributed by atoms with Gasteiger partial charge < -0.3 is 5.32 Å². The molecule has 5 nitrogen and oxygen atoms in total. The van der Waals surface area contributed by atoms with E-state index < -0.39 is 0 Å². The van der Waals surface area contributed by atoms with Gasteiger partial charge in [-0.3, -0.25) is 14.5 Å². The van der Waals surface area contributed by atoms with Gasteiger partial charge in [-0.2, -0.15) is 5.10 Å². The van der Waals surface area contributed by atoms with Crippen LogP contribution in [0.5, 0.6) is 0 Å². The molecule has 0 saturated carbocycles. The summed E-state index contributed by atoms with van der Waals surface area (Å²) in [5.74, 6) is 0. The van der Waals surface area contributed by atoms with Crippen molar-refractivity contribution < 1.29 is 0 Å². The highest BCUT2D eigenvalue weighted by atomic mass is 15.3. The summed E-state index contributed by atoms with van der Waals surface area (Å²) in [7, 11) is 2.00. The highest BCUT2D eigenvalue weighted by Crippen LogP contribution is 2.24. The lowest BCUT2D eigenvalue weighted by Crippen LogP contribution is -2.61. The largest absolute Gasteiger partial charge is 0.314 e. The number of aryl methyl sites for hydroxylation is 2. The van der Waals surface area contributed by atoms with E-state index in [9.17, 15) is 0 Å². The molecule has 1 atom stereocenters. The van der Waals surface area contributed by atoms with Gasteiger partial charge in [0, 0.05) is 70.2 Å². The Hall–Kier alpha value is -0.910. The molecule has 1 N–H and O–H groups in total. The van der Waals surface area contributed by atoms with Crippen molar-refractivity contribution in [1.29, 1.82) is 0 Å². The summed E-state index contributed by atoms with van der Waals surface area (Å²) in [6, 6.07) is 1.27. The van der Waals surface area contributed by atoms with Crippen LogP contribution in [0, 0.1) is 6.92 Å². The molecule has 0 amide bonds. The Bertz CT molecular complexity index is 429. The smallest absolute Gasteiger partial charge is 0.0641 e. The van der Waals surface area contributed by atoms with E-state index in [0.717, 1.165) is 6.04 Å². The van der Waals surface area contributed by atoms with Crippen molar-refractivity contribution in [3.63, 3.8) is 0 Å². The molecule has 2 aliphatic heterocycles. The van der Waals surface area contributed by atoms with Gasteiger partial charge in [-0.05, 0) is 13.8 Å². The van der Waals surface area contributed by atoms with E-state index in [4.69, 9.17) is 0 Å². The Morgan fingerprint density at radius 1 is 1.26 bits per heavy atom. The molecule has 106 valence electrons. The third-order valence-electron chi connectivity index (χ3n) is 4.67. The average Bonchev–Trinajstić information content (AvgIpc) is 2.66. The normalized spacial score (nSPS) is 24.4. The molecular weight excluding hydrogens is 238 g/mol. The van der Waals surface area contributed by atoms with Crippen LogP contribution in [0.25, 0.3) is 0 Å². The van der Waals surface area contributed by atoms with Crippen molar-refractivity contribution in [2.24, 2.45) is 7.05 Å². The van der Waals surface area contributed by atoms with Crippen LogP contribution in [0.2, 0.25) is 0 Å². The van der Waals surface area contributed by atoms with Crippen LogP contribution >= 0.6 is 0 Å². The van der Waals surface area contributed by atoms with Crippen LogP contribution in [0.1, 0.15) is 24.2 Å². The number of hydrogen-bond acceptors (Lipinski definition) is 4. The number of aromatic nitrogens is 2. The minimum Gasteiger partial charge on any atom is -0.314 e. The fourth-order valence-electron chi connectivity index (χ4n) is 3.25. The van der Waals surface area contributed by atoms with E-state index in [0.29, 0.717) is 6.04 Å². The molecule has 0 bridgehead atoms. The molecule has 0 aromatic carbocycles. The first-order valence-electron chi connectivity index (χ1n) is 7.34. The number of hydrogen-bond donors (Lipinski definition) is 1. The van der Waals surface area contributed by atoms with E-state index >= 15 is 0 Å². The predicted octanol–water partition coefficient (Wildman–Crippen LogP) is 0.379. The SMILES string of the molecule is Cc1nn(C)cc1C(C)N1CCN(C2CNC2)CC1. The first-order chi connectivity index (χ1) is 9.15. The first-order valence-corrected chi connectivity index (χ1v) is 7.34. The van der Waals surface area contributed by atoms with Crippen LogP contribution < -0.4 is 5.32 Å². The maximum Gasteiger partial charge on any atom is 0.0641 e. The van der Waals surface area contributed by atoms with Gasteiger partial charge in [-0.1, -0.05) is 0 Å². The summed E-state index contributed by atoms with van der Waals surface area (Å²) in [4.78, 5) is 5.22. The van der Waals surface area contributed by atoms with Crippen LogP contribution in [0.3, 0.4) is 0 Å². The first kappa shape index (κ1) is 13.1. The zero-order chi connectivity index (χ0) is 13.4. The Labute approximate surface area is 115 Å². The number of piperazine rings is 1. The summed E-state index contributed by atoms with van der Waals surface area (Å²) >= 11 is 0. The molecule has 2 saturated heterocycles. The number of nitrogens with one attached hydrogen (secondary N) is 1. The highest BCUT2D eigenvalue weighted by Gasteiger charge is 2.29. The molecule has 1 aromatic rings. The summed E-state index contributed by atoms with van der Waals surface area (Å²) in [6.45, 7) is 11.5. The Kier molecular flexibility index (Phi) is 3.60. The molecule has 3 heterocycles. The topological polar surface area (TPSA) is 36.3 Å². The highest BCUT2D eigenvalue weighted by molar-refractivity contribution is 5.19. The third-order valence-corrected chi connectivity index (χ3v) is 4.67. The van der Waals surface area contributed by atoms with Gasteiger partial charge in [0.1, 0.15) is 0 Å². The predicted molar refractivity (Wildman–Crippen MR) is 76.2 cm³/mol. The summed E-state index contributed by atoms with van der Waals surface area (Å²) in [6.07, 6.45) is 2.17. The quantitative estimate of drug-likeness (QED) is 0.855. The molecule has 2 fully saturated rings. The van der Waals surface area contributed by atoms with Gasteiger partial charge in [0.05, 0.1) is 5.69 Å². The molecule has 0 radical (unpaired) electrons. The molecule has 0 aliphatic carbocycles. The Morgan fingerprint density at radius 3 is 2.42 bits per heavy atom. The van der Waals surface area contributed by atoms with Crippen LogP contribution in [0.15, 0.2) is 6.20 Å². The molecule has 5 heteroatoms. The second-order valence-corrected chi connectivity index (χ2v) is 5.90. The molecule has 2 aliphatic rings. The Balaban J connectivity index is 1.59. The van der Waals surface area contributed by atoms with Crippen molar-refractivity contribution in [1.82, 2.24) is 24.9 Å². The average molecular weight is 263 g/mol. The summed E-state index contributed by atoms with van der Waals surface area (Å²) in [5, 5.41) is 7.83. The summed E-state index contributed by atoms with van der Waals surface area (Å²) < 4.78 is 1.93. The second kappa shape index (κ2) is 5.23. The van der Waals surface area contributed by atoms with Crippen LogP contribution in [0.4, 0.5) is 0 Å². The number of nitrogens with zero attached hydrogens (tertiary/aromatic N) is 4. The van der Waals surface area contributed by atoms with Crippen molar-refractivity contribution in [3.05, 3.63) is 17.5 Å². The molecule has 0 spiro atoms. The van der Waals surface area contributed by atoms with Gasteiger partial charge in [-0.15, -0.1) is 0 Å². The second-order valence-electron chi connectivity index (χ2n) is 5.90. The molecule has 3 rings (SSSR count). The van der Waals surface area contributed by atoms with E-state index in [1.807, 2.05) is 11.7 Å². The monoisotopic (exact) mass is 263 g/mol. The molecule has 1 aromatic heterocycles. The minimum atomic E-state index is 0.482. The fourth-order valence-corrected chi connectivity index (χ4v) is 3.25. The van der Waals surface area contributed by atoms with E-state index in [1.54, 1.807) is 0 Å². The molecular formula is C14H25N5. The van der Waals surface area contributed by atoms with Crippen LogP contribution in [-0.2, 0) is 7.05 Å². The van der Waals surface area contributed by atoms with Crippen molar-refractivity contribution in [2.75, 3.05) is 39.3 Å². The van der Waals surface area contributed by atoms with Gasteiger partial charge in [0.25, 0.3) is 0 Å². The third kappa shape index (κ3) is 2.55. The van der Waals surface area contributed by atoms with E-state index in [2.05, 4.69) is 40.3 Å². The molecule has 19 heavy (non-hydrogen) atoms. The molecule has 1 unspecified atom stereocenters. The van der Waals surface area contributed by atoms with Gasteiger partial charge >= 0.3 is 0 Å². The minimum absolute atomic E-state index is 0.482. The van der Waals surface area contributed by atoms with Gasteiger partial charge in [-0.25, -0.2) is 0 Å². The maximum atomic E-state index is 4.46. The fraction of sp³-hybridized carbons (Fsp3) is 0.786. The zero-order valence-electron chi connectivity index (χ0n) is 12.3. The van der Waals surface area contributed by atoms with Gasteiger partial charge in [0.15, 0.2) is 0 Å². The summed E-state index contributed by atoms with van der Waals surface area (Å²) in [5.41, 5.74) is 2.54. The lowest BCUT2D eigenvalue weighted by molar-refractivity contribution is 0.0551.